The summed E-state index contributed by atoms with van der Waals surface area (Å²) in [5.74, 6) is 1.48. The van der Waals surface area contributed by atoms with Crippen molar-refractivity contribution in [2.24, 2.45) is 5.92 Å². The van der Waals surface area contributed by atoms with Crippen molar-refractivity contribution in [2.45, 2.75) is 37.5 Å². The van der Waals surface area contributed by atoms with Crippen molar-refractivity contribution in [3.8, 4) is 0 Å². The second kappa shape index (κ2) is 6.68. The molecule has 102 valence electrons. The molecule has 19 heavy (non-hydrogen) atoms. The van der Waals surface area contributed by atoms with Crippen molar-refractivity contribution in [1.29, 1.82) is 0 Å². The molecule has 0 bridgehead atoms. The van der Waals surface area contributed by atoms with E-state index in [-0.39, 0.29) is 0 Å². The molecule has 2 aromatic rings. The van der Waals surface area contributed by atoms with Crippen molar-refractivity contribution < 1.29 is 0 Å². The number of aryl methyl sites for hydroxylation is 1. The number of rotatable bonds is 6. The molecule has 0 aliphatic carbocycles. The third kappa shape index (κ3) is 4.65. The minimum atomic E-state index is 0.664. The Balaban J connectivity index is 1.87. The van der Waals surface area contributed by atoms with Crippen molar-refractivity contribution in [3.63, 3.8) is 0 Å². The SMILES string of the molecule is Cc1nc(Sc2ccc(CNCC(C)C)cn2)n[nH]1. The van der Waals surface area contributed by atoms with E-state index in [1.54, 1.807) is 0 Å². The quantitative estimate of drug-likeness (QED) is 0.848. The lowest BCUT2D eigenvalue weighted by atomic mass is 10.2. The molecular weight excluding hydrogens is 258 g/mol. The maximum atomic E-state index is 4.41. The number of aromatic nitrogens is 4. The van der Waals surface area contributed by atoms with Crippen LogP contribution >= 0.6 is 11.8 Å². The smallest absolute Gasteiger partial charge is 0.214 e. The third-order valence-corrected chi connectivity index (χ3v) is 3.27. The predicted octanol–water partition coefficient (Wildman–Crippen LogP) is 2.40. The standard InChI is InChI=1S/C13H19N5S/c1-9(2)6-14-7-11-4-5-12(15-8-11)19-13-16-10(3)17-18-13/h4-5,8-9,14H,6-7H2,1-3H3,(H,16,17,18). The van der Waals surface area contributed by atoms with E-state index in [0.29, 0.717) is 11.1 Å². The summed E-state index contributed by atoms with van der Waals surface area (Å²) in [6, 6.07) is 4.09. The summed E-state index contributed by atoms with van der Waals surface area (Å²) in [4.78, 5) is 8.65. The molecule has 2 N–H and O–H groups in total. The first-order valence-corrected chi connectivity index (χ1v) is 7.17. The number of hydrogen-bond acceptors (Lipinski definition) is 5. The number of pyridine rings is 1. The minimum absolute atomic E-state index is 0.664. The topological polar surface area (TPSA) is 66.5 Å². The average molecular weight is 277 g/mol. The highest BCUT2D eigenvalue weighted by Crippen LogP contribution is 2.22. The molecule has 6 heteroatoms. The van der Waals surface area contributed by atoms with Crippen LogP contribution in [0.15, 0.2) is 28.5 Å². The molecule has 2 aromatic heterocycles. The zero-order valence-electron chi connectivity index (χ0n) is 11.5. The van der Waals surface area contributed by atoms with Gasteiger partial charge >= 0.3 is 0 Å². The van der Waals surface area contributed by atoms with Gasteiger partial charge in [0, 0.05) is 12.7 Å². The largest absolute Gasteiger partial charge is 0.312 e. The number of H-pyrrole nitrogens is 1. The first-order chi connectivity index (χ1) is 9.13. The van der Waals surface area contributed by atoms with Crippen LogP contribution in [0.25, 0.3) is 0 Å². The lowest BCUT2D eigenvalue weighted by Gasteiger charge is -2.07. The van der Waals surface area contributed by atoms with Gasteiger partial charge in [-0.25, -0.2) is 9.97 Å². The van der Waals surface area contributed by atoms with Crippen molar-refractivity contribution >= 4 is 11.8 Å². The van der Waals surface area contributed by atoms with Gasteiger partial charge in [0.25, 0.3) is 0 Å². The van der Waals surface area contributed by atoms with Gasteiger partial charge < -0.3 is 5.32 Å². The van der Waals surface area contributed by atoms with Crippen LogP contribution in [0.1, 0.15) is 25.2 Å². The summed E-state index contributed by atoms with van der Waals surface area (Å²) in [6.07, 6.45) is 1.90. The lowest BCUT2D eigenvalue weighted by molar-refractivity contribution is 0.551. The van der Waals surface area contributed by atoms with Gasteiger partial charge in [0.2, 0.25) is 5.16 Å². The summed E-state index contributed by atoms with van der Waals surface area (Å²) in [6.45, 7) is 8.16. The Morgan fingerprint density at radius 1 is 1.37 bits per heavy atom. The monoisotopic (exact) mass is 277 g/mol. The number of aromatic amines is 1. The average Bonchev–Trinajstić information content (AvgIpc) is 2.77. The van der Waals surface area contributed by atoms with E-state index in [1.165, 1.54) is 17.3 Å². The van der Waals surface area contributed by atoms with Crippen LogP contribution in [0.4, 0.5) is 0 Å². The van der Waals surface area contributed by atoms with Gasteiger partial charge in [-0.3, -0.25) is 5.10 Å². The third-order valence-electron chi connectivity index (χ3n) is 2.45. The molecule has 0 amide bonds. The molecule has 0 fully saturated rings. The van der Waals surface area contributed by atoms with Gasteiger partial charge in [-0.1, -0.05) is 19.9 Å². The summed E-state index contributed by atoms with van der Waals surface area (Å²) in [7, 11) is 0. The van der Waals surface area contributed by atoms with Crippen molar-refractivity contribution in [3.05, 3.63) is 29.7 Å². The van der Waals surface area contributed by atoms with Gasteiger partial charge in [-0.05, 0) is 42.8 Å². The van der Waals surface area contributed by atoms with Crippen molar-refractivity contribution in [1.82, 2.24) is 25.5 Å². The molecule has 0 radical (unpaired) electrons. The molecule has 0 atom stereocenters. The van der Waals surface area contributed by atoms with E-state index in [9.17, 15) is 0 Å². The van der Waals surface area contributed by atoms with Crippen LogP contribution < -0.4 is 5.32 Å². The van der Waals surface area contributed by atoms with Gasteiger partial charge in [-0.2, -0.15) is 0 Å². The van der Waals surface area contributed by atoms with E-state index >= 15 is 0 Å². The maximum absolute atomic E-state index is 4.41. The molecule has 0 unspecified atom stereocenters. The lowest BCUT2D eigenvalue weighted by Crippen LogP contribution is -2.18. The van der Waals surface area contributed by atoms with Crippen molar-refractivity contribution in [2.75, 3.05) is 6.54 Å². The Labute approximate surface area is 117 Å². The molecule has 0 aliphatic rings. The number of hydrogen-bond donors (Lipinski definition) is 2. The van der Waals surface area contributed by atoms with Gasteiger partial charge in [0.1, 0.15) is 10.9 Å². The van der Waals surface area contributed by atoms with Gasteiger partial charge in [0.15, 0.2) is 0 Å². The van der Waals surface area contributed by atoms with Crippen LogP contribution in [0.3, 0.4) is 0 Å². The fraction of sp³-hybridized carbons (Fsp3) is 0.462. The Morgan fingerprint density at radius 3 is 2.79 bits per heavy atom. The predicted molar refractivity (Wildman–Crippen MR) is 76.0 cm³/mol. The molecule has 0 saturated heterocycles. The van der Waals surface area contributed by atoms with Crippen LogP contribution in [0.5, 0.6) is 0 Å². The molecule has 0 aromatic carbocycles. The highest BCUT2D eigenvalue weighted by molar-refractivity contribution is 7.99. The summed E-state index contributed by atoms with van der Waals surface area (Å²) in [5, 5.41) is 11.9. The molecule has 0 spiro atoms. The van der Waals surface area contributed by atoms with E-state index < -0.39 is 0 Å². The second-order valence-electron chi connectivity index (χ2n) is 4.83. The number of nitrogens with one attached hydrogen (secondary N) is 2. The van der Waals surface area contributed by atoms with Crippen LogP contribution in [0, 0.1) is 12.8 Å². The van der Waals surface area contributed by atoms with E-state index in [1.807, 2.05) is 19.2 Å². The highest BCUT2D eigenvalue weighted by atomic mass is 32.2. The normalized spacial score (nSPS) is 11.2. The van der Waals surface area contributed by atoms with Gasteiger partial charge in [-0.15, -0.1) is 5.10 Å². The molecule has 2 rings (SSSR count). The van der Waals surface area contributed by atoms with Crippen LogP contribution in [-0.2, 0) is 6.54 Å². The zero-order valence-corrected chi connectivity index (χ0v) is 12.3. The Kier molecular flexibility index (Phi) is 4.93. The van der Waals surface area contributed by atoms with Crippen LogP contribution in [0.2, 0.25) is 0 Å². The van der Waals surface area contributed by atoms with E-state index in [2.05, 4.69) is 45.4 Å². The van der Waals surface area contributed by atoms with E-state index in [0.717, 1.165) is 23.9 Å². The fourth-order valence-electron chi connectivity index (χ4n) is 1.54. The highest BCUT2D eigenvalue weighted by Gasteiger charge is 2.04. The first-order valence-electron chi connectivity index (χ1n) is 6.36. The summed E-state index contributed by atoms with van der Waals surface area (Å²) in [5.41, 5.74) is 1.19. The zero-order chi connectivity index (χ0) is 13.7. The van der Waals surface area contributed by atoms with Crippen LogP contribution in [-0.4, -0.2) is 26.7 Å². The minimum Gasteiger partial charge on any atom is -0.312 e. The first kappa shape index (κ1) is 14.0. The Bertz CT molecular complexity index is 506. The molecule has 2 heterocycles. The number of nitrogens with zero attached hydrogens (tertiary/aromatic N) is 3. The van der Waals surface area contributed by atoms with Gasteiger partial charge in [0.05, 0.1) is 0 Å². The molecular formula is C13H19N5S. The molecule has 0 aliphatic heterocycles. The Hall–Kier alpha value is -1.40. The molecule has 0 saturated carbocycles. The fourth-order valence-corrected chi connectivity index (χ4v) is 2.24. The Morgan fingerprint density at radius 2 is 2.21 bits per heavy atom. The summed E-state index contributed by atoms with van der Waals surface area (Å²) < 4.78 is 0. The molecule has 5 nitrogen and oxygen atoms in total. The second-order valence-corrected chi connectivity index (χ2v) is 5.82. The maximum Gasteiger partial charge on any atom is 0.214 e. The van der Waals surface area contributed by atoms with E-state index in [4.69, 9.17) is 0 Å². The summed E-state index contributed by atoms with van der Waals surface area (Å²) >= 11 is 1.46.